The summed E-state index contributed by atoms with van der Waals surface area (Å²) in [5, 5.41) is 0. The number of nitrogens with zero attached hydrogens (tertiary/aromatic N) is 2. The lowest BCUT2D eigenvalue weighted by atomic mass is 10.3. The van der Waals surface area contributed by atoms with Gasteiger partial charge in [-0.15, -0.1) is 0 Å². The number of imidazole rings is 1. The van der Waals surface area contributed by atoms with Gasteiger partial charge < -0.3 is 10.3 Å². The molecule has 0 unspecified atom stereocenters. The number of nitrogens with two attached hydrogens (primary N) is 1. The first-order chi connectivity index (χ1) is 7.81. The summed E-state index contributed by atoms with van der Waals surface area (Å²) >= 11 is 0. The number of anilines is 1. The third kappa shape index (κ3) is 1.72. The normalized spacial score (nSPS) is 20.3. The number of aromatic nitrogens is 2. The van der Waals surface area contributed by atoms with E-state index in [-0.39, 0.29) is 0 Å². The quantitative estimate of drug-likeness (QED) is 0.827. The van der Waals surface area contributed by atoms with Crippen molar-refractivity contribution in [3.8, 4) is 0 Å². The fourth-order valence-corrected chi connectivity index (χ4v) is 2.36. The van der Waals surface area contributed by atoms with Crippen LogP contribution in [0.25, 0.3) is 0 Å². The van der Waals surface area contributed by atoms with Crippen molar-refractivity contribution < 1.29 is 0 Å². The van der Waals surface area contributed by atoms with Gasteiger partial charge in [0.05, 0.1) is 5.69 Å². The molecule has 3 nitrogen and oxygen atoms in total. The van der Waals surface area contributed by atoms with Gasteiger partial charge in [-0.1, -0.05) is 13.3 Å². The molecule has 0 bridgehead atoms. The summed E-state index contributed by atoms with van der Waals surface area (Å²) in [6.07, 6.45) is 7.64. The summed E-state index contributed by atoms with van der Waals surface area (Å²) in [4.78, 5) is 4.82. The molecular weight excluding hydrogens is 198 g/mol. The molecule has 88 valence electrons. The Labute approximate surface area is 97.0 Å². The van der Waals surface area contributed by atoms with Crippen LogP contribution >= 0.6 is 0 Å². The lowest BCUT2D eigenvalue weighted by molar-refractivity contribution is 0.609. The molecule has 0 atom stereocenters. The Balaban J connectivity index is 1.90. The topological polar surface area (TPSA) is 43.8 Å². The van der Waals surface area contributed by atoms with E-state index in [2.05, 4.69) is 11.5 Å². The maximum atomic E-state index is 6.25. The maximum Gasteiger partial charge on any atom is 0.127 e. The van der Waals surface area contributed by atoms with E-state index in [0.29, 0.717) is 11.8 Å². The van der Waals surface area contributed by atoms with Crippen LogP contribution in [0.4, 0.5) is 5.82 Å². The van der Waals surface area contributed by atoms with E-state index in [1.807, 2.05) is 0 Å². The van der Waals surface area contributed by atoms with Crippen LogP contribution in [-0.2, 0) is 6.54 Å². The van der Waals surface area contributed by atoms with Crippen LogP contribution < -0.4 is 5.73 Å². The number of hydrogen-bond donors (Lipinski definition) is 1. The average molecular weight is 219 g/mol. The second-order valence-corrected chi connectivity index (χ2v) is 5.29. The molecule has 3 rings (SSSR count). The van der Waals surface area contributed by atoms with Gasteiger partial charge in [0, 0.05) is 18.4 Å². The Bertz CT molecular complexity index is 386. The smallest absolute Gasteiger partial charge is 0.127 e. The molecular formula is C13H21N3. The highest BCUT2D eigenvalue weighted by Gasteiger charge is 2.35. The lowest BCUT2D eigenvalue weighted by Gasteiger charge is -2.08. The van der Waals surface area contributed by atoms with Gasteiger partial charge in [0.1, 0.15) is 11.6 Å². The second-order valence-electron chi connectivity index (χ2n) is 5.29. The third-order valence-electron chi connectivity index (χ3n) is 3.71. The minimum absolute atomic E-state index is 0.681. The van der Waals surface area contributed by atoms with E-state index >= 15 is 0 Å². The Morgan fingerprint density at radius 1 is 1.25 bits per heavy atom. The monoisotopic (exact) mass is 219 g/mol. The van der Waals surface area contributed by atoms with Crippen LogP contribution in [0.2, 0.25) is 0 Å². The fraction of sp³-hybridized carbons (Fsp3) is 0.769. The molecule has 1 aromatic heterocycles. The van der Waals surface area contributed by atoms with Crippen molar-refractivity contribution in [3.05, 3.63) is 11.5 Å². The minimum atomic E-state index is 0.681. The summed E-state index contributed by atoms with van der Waals surface area (Å²) in [7, 11) is 0. The van der Waals surface area contributed by atoms with E-state index in [1.165, 1.54) is 50.0 Å². The highest BCUT2D eigenvalue weighted by Crippen LogP contribution is 2.46. The largest absolute Gasteiger partial charge is 0.384 e. The molecule has 2 fully saturated rings. The number of unbranched alkanes of at least 4 members (excludes halogenated alkanes) is 1. The van der Waals surface area contributed by atoms with Crippen LogP contribution in [0.1, 0.15) is 68.8 Å². The summed E-state index contributed by atoms with van der Waals surface area (Å²) in [5.41, 5.74) is 7.46. The number of nitrogen functional groups attached to an aromatic ring is 1. The van der Waals surface area contributed by atoms with Crippen LogP contribution in [0.15, 0.2) is 0 Å². The molecule has 1 aromatic rings. The Morgan fingerprint density at radius 2 is 1.94 bits per heavy atom. The Kier molecular flexibility index (Phi) is 2.41. The van der Waals surface area contributed by atoms with Gasteiger partial charge in [-0.05, 0) is 32.1 Å². The Hall–Kier alpha value is -0.990. The zero-order valence-electron chi connectivity index (χ0n) is 10.1. The van der Waals surface area contributed by atoms with Gasteiger partial charge in [0.15, 0.2) is 0 Å². The standard InChI is InChI=1S/C13H21N3/c1-2-3-8-16-12(14)11(9-4-5-9)15-13(16)10-6-7-10/h9-10H,2-8,14H2,1H3. The number of hydrogen-bond acceptors (Lipinski definition) is 2. The van der Waals surface area contributed by atoms with Crippen molar-refractivity contribution >= 4 is 5.82 Å². The maximum absolute atomic E-state index is 6.25. The van der Waals surface area contributed by atoms with Gasteiger partial charge in [0.25, 0.3) is 0 Å². The molecule has 2 saturated carbocycles. The SMILES string of the molecule is CCCCn1c(C2CC2)nc(C2CC2)c1N. The first-order valence-electron chi connectivity index (χ1n) is 6.67. The molecule has 2 aliphatic carbocycles. The fourth-order valence-electron chi connectivity index (χ4n) is 2.36. The van der Waals surface area contributed by atoms with Crippen LogP contribution in [0.5, 0.6) is 0 Å². The number of rotatable bonds is 5. The highest BCUT2D eigenvalue weighted by molar-refractivity contribution is 5.43. The van der Waals surface area contributed by atoms with Crippen molar-refractivity contribution in [1.29, 1.82) is 0 Å². The van der Waals surface area contributed by atoms with Gasteiger partial charge in [0.2, 0.25) is 0 Å². The van der Waals surface area contributed by atoms with Gasteiger partial charge >= 0.3 is 0 Å². The summed E-state index contributed by atoms with van der Waals surface area (Å²) < 4.78 is 2.30. The molecule has 16 heavy (non-hydrogen) atoms. The molecule has 0 spiro atoms. The van der Waals surface area contributed by atoms with E-state index < -0.39 is 0 Å². The predicted octanol–water partition coefficient (Wildman–Crippen LogP) is 3.02. The van der Waals surface area contributed by atoms with Crippen molar-refractivity contribution in [2.45, 2.75) is 63.8 Å². The minimum Gasteiger partial charge on any atom is -0.384 e. The zero-order chi connectivity index (χ0) is 11.1. The average Bonchev–Trinajstić information content (AvgIpc) is 3.14. The van der Waals surface area contributed by atoms with Crippen molar-refractivity contribution in [2.24, 2.45) is 0 Å². The van der Waals surface area contributed by atoms with Crippen molar-refractivity contribution in [3.63, 3.8) is 0 Å². The molecule has 1 heterocycles. The van der Waals surface area contributed by atoms with E-state index in [4.69, 9.17) is 10.7 Å². The molecule has 2 aliphatic rings. The molecule has 3 heteroatoms. The second kappa shape index (κ2) is 3.79. The predicted molar refractivity (Wildman–Crippen MR) is 65.5 cm³/mol. The molecule has 0 aromatic carbocycles. The van der Waals surface area contributed by atoms with E-state index in [9.17, 15) is 0 Å². The van der Waals surface area contributed by atoms with Crippen LogP contribution in [0, 0.1) is 0 Å². The molecule has 0 aliphatic heterocycles. The molecule has 0 radical (unpaired) electrons. The Morgan fingerprint density at radius 3 is 2.50 bits per heavy atom. The van der Waals surface area contributed by atoms with Gasteiger partial charge in [-0.3, -0.25) is 0 Å². The third-order valence-corrected chi connectivity index (χ3v) is 3.71. The lowest BCUT2D eigenvalue weighted by Crippen LogP contribution is -2.07. The van der Waals surface area contributed by atoms with Gasteiger partial charge in [-0.25, -0.2) is 4.98 Å². The van der Waals surface area contributed by atoms with Crippen molar-refractivity contribution in [2.75, 3.05) is 5.73 Å². The van der Waals surface area contributed by atoms with E-state index in [0.717, 1.165) is 12.4 Å². The van der Waals surface area contributed by atoms with Crippen LogP contribution in [0.3, 0.4) is 0 Å². The first kappa shape index (κ1) is 10.2. The molecule has 0 saturated heterocycles. The van der Waals surface area contributed by atoms with Gasteiger partial charge in [-0.2, -0.15) is 0 Å². The molecule has 2 N–H and O–H groups in total. The molecule has 0 amide bonds. The summed E-state index contributed by atoms with van der Waals surface area (Å²) in [6, 6.07) is 0. The summed E-state index contributed by atoms with van der Waals surface area (Å²) in [5.74, 6) is 3.65. The zero-order valence-corrected chi connectivity index (χ0v) is 10.1. The van der Waals surface area contributed by atoms with Crippen LogP contribution in [-0.4, -0.2) is 9.55 Å². The first-order valence-corrected chi connectivity index (χ1v) is 6.67. The highest BCUT2D eigenvalue weighted by atomic mass is 15.2. The van der Waals surface area contributed by atoms with E-state index in [1.54, 1.807) is 0 Å². The van der Waals surface area contributed by atoms with Crippen molar-refractivity contribution in [1.82, 2.24) is 9.55 Å². The summed E-state index contributed by atoms with van der Waals surface area (Å²) in [6.45, 7) is 3.29.